The first-order chi connectivity index (χ1) is 15.0. The summed E-state index contributed by atoms with van der Waals surface area (Å²) in [5.74, 6) is 0.415. The van der Waals surface area contributed by atoms with Crippen molar-refractivity contribution in [2.24, 2.45) is 12.8 Å². The van der Waals surface area contributed by atoms with Crippen LogP contribution in [0.25, 0.3) is 11.3 Å². The minimum atomic E-state index is -0.657. The smallest absolute Gasteiger partial charge is 0.254 e. The summed E-state index contributed by atoms with van der Waals surface area (Å²) in [6.45, 7) is 0. The SMILES string of the molecule is COc1c(Nc2nc(Nc3cnn(C)c3)ncc2C(N)=O)cccc1-c1ccccn1. The van der Waals surface area contributed by atoms with E-state index in [1.165, 1.54) is 6.20 Å². The number of benzene rings is 1. The molecule has 4 N–H and O–H groups in total. The van der Waals surface area contributed by atoms with Gasteiger partial charge in [-0.2, -0.15) is 10.1 Å². The highest BCUT2D eigenvalue weighted by molar-refractivity contribution is 5.98. The molecular weight excluding hydrogens is 396 g/mol. The molecule has 0 aliphatic heterocycles. The number of nitrogens with one attached hydrogen (secondary N) is 2. The fourth-order valence-corrected chi connectivity index (χ4v) is 3.04. The summed E-state index contributed by atoms with van der Waals surface area (Å²) in [4.78, 5) is 24.9. The number of hydrogen-bond acceptors (Lipinski definition) is 8. The number of methoxy groups -OCH3 is 1. The molecule has 0 unspecified atom stereocenters. The Morgan fingerprint density at radius 3 is 2.65 bits per heavy atom. The molecule has 0 fully saturated rings. The molecule has 0 aliphatic carbocycles. The average molecular weight is 416 g/mol. The standard InChI is InChI=1S/C21H20N8O2/c1-29-12-13(10-25-29)26-21-24-11-15(19(22)30)20(28-21)27-17-8-5-6-14(18(17)31-2)16-7-3-4-9-23-16/h3-12H,1-2H3,(H2,22,30)(H2,24,26,27,28). The number of aryl methyl sites for hydroxylation is 1. The highest BCUT2D eigenvalue weighted by atomic mass is 16.5. The largest absolute Gasteiger partial charge is 0.494 e. The van der Waals surface area contributed by atoms with E-state index in [0.717, 1.165) is 11.3 Å². The Morgan fingerprint density at radius 2 is 1.97 bits per heavy atom. The minimum absolute atomic E-state index is 0.141. The van der Waals surface area contributed by atoms with Gasteiger partial charge in [0.2, 0.25) is 5.95 Å². The summed E-state index contributed by atoms with van der Waals surface area (Å²) < 4.78 is 7.29. The van der Waals surface area contributed by atoms with Crippen molar-refractivity contribution in [2.45, 2.75) is 0 Å². The first kappa shape index (κ1) is 19.8. The minimum Gasteiger partial charge on any atom is -0.494 e. The molecule has 156 valence electrons. The van der Waals surface area contributed by atoms with Gasteiger partial charge >= 0.3 is 0 Å². The van der Waals surface area contributed by atoms with E-state index in [0.29, 0.717) is 17.1 Å². The molecule has 0 saturated carbocycles. The van der Waals surface area contributed by atoms with Crippen molar-refractivity contribution in [3.8, 4) is 17.0 Å². The highest BCUT2D eigenvalue weighted by Crippen LogP contribution is 2.37. The molecule has 0 spiro atoms. The number of aromatic nitrogens is 5. The lowest BCUT2D eigenvalue weighted by Gasteiger charge is -2.16. The summed E-state index contributed by atoms with van der Waals surface area (Å²) in [5.41, 5.74) is 8.51. The second-order valence-electron chi connectivity index (χ2n) is 6.57. The van der Waals surface area contributed by atoms with Crippen LogP contribution >= 0.6 is 0 Å². The Balaban J connectivity index is 1.72. The van der Waals surface area contributed by atoms with Crippen molar-refractivity contribution in [3.63, 3.8) is 0 Å². The molecule has 4 aromatic rings. The van der Waals surface area contributed by atoms with Crippen LogP contribution in [0.5, 0.6) is 5.75 Å². The second-order valence-corrected chi connectivity index (χ2v) is 6.57. The number of hydrogen-bond donors (Lipinski definition) is 3. The normalized spacial score (nSPS) is 10.5. The number of nitrogens with two attached hydrogens (primary N) is 1. The van der Waals surface area contributed by atoms with E-state index in [1.807, 2.05) is 36.4 Å². The van der Waals surface area contributed by atoms with Crippen LogP contribution in [0.3, 0.4) is 0 Å². The molecule has 4 rings (SSSR count). The molecule has 0 saturated heterocycles. The first-order valence-corrected chi connectivity index (χ1v) is 9.33. The Labute approximate surface area is 178 Å². The maximum atomic E-state index is 12.0. The number of para-hydroxylation sites is 1. The van der Waals surface area contributed by atoms with Gasteiger partial charge in [-0.15, -0.1) is 0 Å². The van der Waals surface area contributed by atoms with E-state index in [-0.39, 0.29) is 17.3 Å². The maximum absolute atomic E-state index is 12.0. The number of ether oxygens (including phenoxy) is 1. The number of anilines is 4. The van der Waals surface area contributed by atoms with Crippen LogP contribution in [0, 0.1) is 0 Å². The van der Waals surface area contributed by atoms with E-state index >= 15 is 0 Å². The van der Waals surface area contributed by atoms with E-state index in [2.05, 4.69) is 30.7 Å². The topological polar surface area (TPSA) is 133 Å². The van der Waals surface area contributed by atoms with Crippen molar-refractivity contribution in [2.75, 3.05) is 17.7 Å². The molecule has 1 aromatic carbocycles. The molecule has 0 atom stereocenters. The lowest BCUT2D eigenvalue weighted by Crippen LogP contribution is -2.16. The van der Waals surface area contributed by atoms with Gasteiger partial charge in [-0.3, -0.25) is 14.5 Å². The van der Waals surface area contributed by atoms with Gasteiger partial charge in [0, 0.05) is 31.2 Å². The Morgan fingerprint density at radius 1 is 1.10 bits per heavy atom. The Kier molecular flexibility index (Phi) is 5.43. The Hall–Kier alpha value is -4.47. The quantitative estimate of drug-likeness (QED) is 0.419. The van der Waals surface area contributed by atoms with Gasteiger partial charge < -0.3 is 21.1 Å². The fourth-order valence-electron chi connectivity index (χ4n) is 3.04. The monoisotopic (exact) mass is 416 g/mol. The molecule has 3 aromatic heterocycles. The predicted molar refractivity (Wildman–Crippen MR) is 117 cm³/mol. The molecule has 1 amide bonds. The molecule has 10 nitrogen and oxygen atoms in total. The van der Waals surface area contributed by atoms with Gasteiger partial charge in [0.25, 0.3) is 5.91 Å². The molecule has 10 heteroatoms. The van der Waals surface area contributed by atoms with Gasteiger partial charge in [0.1, 0.15) is 11.4 Å². The van der Waals surface area contributed by atoms with Crippen LogP contribution < -0.4 is 21.1 Å². The molecule has 31 heavy (non-hydrogen) atoms. The van der Waals surface area contributed by atoms with Gasteiger partial charge in [-0.05, 0) is 24.3 Å². The van der Waals surface area contributed by atoms with Crippen LogP contribution in [0.1, 0.15) is 10.4 Å². The fraction of sp³-hybridized carbons (Fsp3) is 0.0952. The zero-order chi connectivity index (χ0) is 21.8. The zero-order valence-corrected chi connectivity index (χ0v) is 16.9. The van der Waals surface area contributed by atoms with E-state index in [1.54, 1.807) is 37.4 Å². The van der Waals surface area contributed by atoms with Gasteiger partial charge in [0.05, 0.1) is 30.4 Å². The predicted octanol–water partition coefficient (Wildman–Crippen LogP) is 2.87. The number of amides is 1. The van der Waals surface area contributed by atoms with Crippen molar-refractivity contribution in [1.29, 1.82) is 0 Å². The highest BCUT2D eigenvalue weighted by Gasteiger charge is 2.17. The summed E-state index contributed by atoms with van der Waals surface area (Å²) in [5, 5.41) is 10.3. The van der Waals surface area contributed by atoms with Crippen LogP contribution in [0.15, 0.2) is 61.2 Å². The average Bonchev–Trinajstić information content (AvgIpc) is 3.18. The third-order valence-corrected chi connectivity index (χ3v) is 4.43. The van der Waals surface area contributed by atoms with E-state index in [9.17, 15) is 4.79 Å². The van der Waals surface area contributed by atoms with Crippen molar-refractivity contribution < 1.29 is 9.53 Å². The third kappa shape index (κ3) is 4.27. The van der Waals surface area contributed by atoms with E-state index < -0.39 is 5.91 Å². The number of nitrogens with zero attached hydrogens (tertiary/aromatic N) is 5. The molecule has 0 aliphatic rings. The summed E-state index contributed by atoms with van der Waals surface area (Å²) in [6, 6.07) is 11.2. The molecular formula is C21H20N8O2. The van der Waals surface area contributed by atoms with Crippen LogP contribution in [0.2, 0.25) is 0 Å². The number of carbonyl (C=O) groups excluding carboxylic acids is 1. The number of pyridine rings is 1. The molecule has 0 bridgehead atoms. The summed E-state index contributed by atoms with van der Waals surface area (Å²) in [7, 11) is 3.37. The first-order valence-electron chi connectivity index (χ1n) is 9.33. The van der Waals surface area contributed by atoms with Gasteiger partial charge in [-0.25, -0.2) is 4.98 Å². The lowest BCUT2D eigenvalue weighted by atomic mass is 10.1. The maximum Gasteiger partial charge on any atom is 0.254 e. The number of rotatable bonds is 7. The summed E-state index contributed by atoms with van der Waals surface area (Å²) >= 11 is 0. The third-order valence-electron chi connectivity index (χ3n) is 4.43. The van der Waals surface area contributed by atoms with Gasteiger partial charge in [0.15, 0.2) is 5.75 Å². The Bertz CT molecular complexity index is 1220. The van der Waals surface area contributed by atoms with Crippen LogP contribution in [-0.2, 0) is 7.05 Å². The number of carbonyl (C=O) groups is 1. The zero-order valence-electron chi connectivity index (χ0n) is 16.9. The number of primary amides is 1. The summed E-state index contributed by atoms with van der Waals surface area (Å²) in [6.07, 6.45) is 6.49. The van der Waals surface area contributed by atoms with E-state index in [4.69, 9.17) is 10.5 Å². The molecule has 0 radical (unpaired) electrons. The molecule has 3 heterocycles. The van der Waals surface area contributed by atoms with Crippen molar-refractivity contribution >= 4 is 29.0 Å². The van der Waals surface area contributed by atoms with Crippen LogP contribution in [-0.4, -0.2) is 37.7 Å². The van der Waals surface area contributed by atoms with Crippen molar-refractivity contribution in [1.82, 2.24) is 24.7 Å². The van der Waals surface area contributed by atoms with Gasteiger partial charge in [-0.1, -0.05) is 12.1 Å². The van der Waals surface area contributed by atoms with Crippen LogP contribution in [0.4, 0.5) is 23.1 Å². The second kappa shape index (κ2) is 8.49. The van der Waals surface area contributed by atoms with Crippen molar-refractivity contribution in [3.05, 3.63) is 66.7 Å². The lowest BCUT2D eigenvalue weighted by molar-refractivity contribution is 0.100.